The number of sulfonamides is 1. The predicted molar refractivity (Wildman–Crippen MR) is 79.6 cm³/mol. The third kappa shape index (κ3) is 3.07. The number of nitrogens with two attached hydrogens (primary N) is 1. The highest BCUT2D eigenvalue weighted by atomic mass is 32.2. The molecule has 5 nitrogen and oxygen atoms in total. The summed E-state index contributed by atoms with van der Waals surface area (Å²) in [4.78, 5) is 4.09. The lowest BCUT2D eigenvalue weighted by atomic mass is 10.1. The van der Waals surface area contributed by atoms with Gasteiger partial charge in [0, 0.05) is 16.6 Å². The summed E-state index contributed by atoms with van der Waals surface area (Å²) in [5, 5.41) is 1.24. The molecule has 0 amide bonds. The fourth-order valence-corrected chi connectivity index (χ4v) is 3.04. The zero-order valence-corrected chi connectivity index (χ0v) is 12.6. The molecule has 0 radical (unpaired) electrons. The SMILES string of the molecule is CC(C)S(=O)(=O)Nc1nc(-c2ccc(N)cc2F)cs1. The van der Waals surface area contributed by atoms with Gasteiger partial charge < -0.3 is 5.73 Å². The van der Waals surface area contributed by atoms with Crippen LogP contribution in [0.3, 0.4) is 0 Å². The normalized spacial score (nSPS) is 11.8. The standard InChI is InChI=1S/C12H14FN3O2S2/c1-7(2)20(17,18)16-12-15-11(6-19-12)9-4-3-8(14)5-10(9)13/h3-7H,14H2,1-2H3,(H,15,16). The first-order valence-corrected chi connectivity index (χ1v) is 8.25. The number of thiazole rings is 1. The van der Waals surface area contributed by atoms with Crippen molar-refractivity contribution >= 4 is 32.2 Å². The van der Waals surface area contributed by atoms with Crippen LogP contribution >= 0.6 is 11.3 Å². The van der Waals surface area contributed by atoms with Crippen LogP contribution in [0.2, 0.25) is 0 Å². The maximum Gasteiger partial charge on any atom is 0.236 e. The van der Waals surface area contributed by atoms with Gasteiger partial charge in [-0.2, -0.15) is 0 Å². The van der Waals surface area contributed by atoms with E-state index in [1.165, 1.54) is 12.1 Å². The Labute approximate surface area is 120 Å². The van der Waals surface area contributed by atoms with Gasteiger partial charge in [-0.15, -0.1) is 11.3 Å². The summed E-state index contributed by atoms with van der Waals surface area (Å²) in [5.74, 6) is -0.492. The minimum atomic E-state index is -3.45. The van der Waals surface area contributed by atoms with Crippen molar-refractivity contribution in [2.45, 2.75) is 19.1 Å². The van der Waals surface area contributed by atoms with Crippen molar-refractivity contribution in [1.29, 1.82) is 0 Å². The number of halogens is 1. The van der Waals surface area contributed by atoms with Crippen LogP contribution in [0.25, 0.3) is 11.3 Å². The molecule has 0 unspecified atom stereocenters. The van der Waals surface area contributed by atoms with Crippen molar-refractivity contribution in [3.63, 3.8) is 0 Å². The van der Waals surface area contributed by atoms with E-state index >= 15 is 0 Å². The third-order valence-corrected chi connectivity index (χ3v) is 5.23. The Morgan fingerprint density at radius 2 is 2.10 bits per heavy atom. The van der Waals surface area contributed by atoms with Crippen molar-refractivity contribution < 1.29 is 12.8 Å². The molecule has 108 valence electrons. The molecule has 3 N–H and O–H groups in total. The number of nitrogen functional groups attached to an aromatic ring is 1. The second kappa shape index (κ2) is 5.37. The molecule has 0 spiro atoms. The van der Waals surface area contributed by atoms with E-state index in [9.17, 15) is 12.8 Å². The molecular weight excluding hydrogens is 301 g/mol. The number of hydrogen-bond acceptors (Lipinski definition) is 5. The first-order valence-electron chi connectivity index (χ1n) is 5.82. The first kappa shape index (κ1) is 14.7. The van der Waals surface area contributed by atoms with Crippen LogP contribution in [0.5, 0.6) is 0 Å². The lowest BCUT2D eigenvalue weighted by molar-refractivity contribution is 0.592. The van der Waals surface area contributed by atoms with Crippen molar-refractivity contribution in [3.05, 3.63) is 29.4 Å². The molecule has 0 aliphatic carbocycles. The smallest absolute Gasteiger partial charge is 0.236 e. The minimum absolute atomic E-state index is 0.213. The van der Waals surface area contributed by atoms with Gasteiger partial charge >= 0.3 is 0 Å². The van der Waals surface area contributed by atoms with E-state index in [1.54, 1.807) is 25.3 Å². The Hall–Kier alpha value is -1.67. The molecule has 0 saturated heterocycles. The topological polar surface area (TPSA) is 85.1 Å². The number of aromatic nitrogens is 1. The van der Waals surface area contributed by atoms with E-state index in [1.807, 2.05) is 0 Å². The van der Waals surface area contributed by atoms with Crippen LogP contribution in [0, 0.1) is 5.82 Å². The Morgan fingerprint density at radius 1 is 1.40 bits per heavy atom. The maximum absolute atomic E-state index is 13.8. The van der Waals surface area contributed by atoms with Gasteiger partial charge in [-0.3, -0.25) is 4.72 Å². The van der Waals surface area contributed by atoms with E-state index in [0.29, 0.717) is 11.4 Å². The van der Waals surface area contributed by atoms with Gasteiger partial charge in [0.05, 0.1) is 10.9 Å². The predicted octanol–water partition coefficient (Wildman–Crippen LogP) is 2.68. The number of nitrogens with one attached hydrogen (secondary N) is 1. The Bertz CT molecular complexity index is 726. The number of rotatable bonds is 4. The minimum Gasteiger partial charge on any atom is -0.399 e. The number of benzene rings is 1. The average molecular weight is 315 g/mol. The van der Waals surface area contributed by atoms with Gasteiger partial charge in [0.1, 0.15) is 5.82 Å². The van der Waals surface area contributed by atoms with Crippen LogP contribution in [-0.4, -0.2) is 18.7 Å². The summed E-state index contributed by atoms with van der Waals surface area (Å²) in [6.07, 6.45) is 0. The van der Waals surface area contributed by atoms with Gasteiger partial charge in [0.25, 0.3) is 0 Å². The lowest BCUT2D eigenvalue weighted by Crippen LogP contribution is -2.22. The van der Waals surface area contributed by atoms with Gasteiger partial charge in [0.15, 0.2) is 5.13 Å². The summed E-state index contributed by atoms with van der Waals surface area (Å²) >= 11 is 1.10. The second-order valence-corrected chi connectivity index (χ2v) is 7.57. The molecular formula is C12H14FN3O2S2. The summed E-state index contributed by atoms with van der Waals surface area (Å²) in [5.41, 5.74) is 6.45. The van der Waals surface area contributed by atoms with E-state index in [-0.39, 0.29) is 10.7 Å². The fraction of sp³-hybridized carbons (Fsp3) is 0.250. The van der Waals surface area contributed by atoms with Gasteiger partial charge in [0.2, 0.25) is 10.0 Å². The van der Waals surface area contributed by atoms with Gasteiger partial charge in [-0.25, -0.2) is 17.8 Å². The van der Waals surface area contributed by atoms with Crippen LogP contribution in [0.1, 0.15) is 13.8 Å². The number of anilines is 2. The molecule has 1 aromatic carbocycles. The van der Waals surface area contributed by atoms with E-state index < -0.39 is 21.1 Å². The molecule has 1 heterocycles. The quantitative estimate of drug-likeness (QED) is 0.850. The second-order valence-electron chi connectivity index (χ2n) is 4.47. The molecule has 20 heavy (non-hydrogen) atoms. The Balaban J connectivity index is 2.30. The van der Waals surface area contributed by atoms with Crippen molar-refractivity contribution in [3.8, 4) is 11.3 Å². The van der Waals surface area contributed by atoms with Gasteiger partial charge in [-0.05, 0) is 32.0 Å². The summed E-state index contributed by atoms with van der Waals surface area (Å²) < 4.78 is 39.6. The monoisotopic (exact) mass is 315 g/mol. The number of hydrogen-bond donors (Lipinski definition) is 2. The Morgan fingerprint density at radius 3 is 2.70 bits per heavy atom. The van der Waals surface area contributed by atoms with E-state index in [2.05, 4.69) is 9.71 Å². The van der Waals surface area contributed by atoms with Gasteiger partial charge in [-0.1, -0.05) is 0 Å². The molecule has 0 aliphatic heterocycles. The molecule has 0 aliphatic rings. The van der Waals surface area contributed by atoms with Crippen molar-refractivity contribution in [2.24, 2.45) is 0 Å². The molecule has 1 aromatic heterocycles. The summed E-state index contributed by atoms with van der Waals surface area (Å²) in [6, 6.07) is 4.28. The molecule has 2 aromatic rings. The van der Waals surface area contributed by atoms with E-state index in [0.717, 1.165) is 11.3 Å². The molecule has 0 atom stereocenters. The summed E-state index contributed by atoms with van der Waals surface area (Å²) in [6.45, 7) is 3.13. The zero-order valence-electron chi connectivity index (χ0n) is 10.9. The van der Waals surface area contributed by atoms with Crippen LogP contribution in [0.4, 0.5) is 15.2 Å². The highest BCUT2D eigenvalue weighted by Crippen LogP contribution is 2.28. The van der Waals surface area contributed by atoms with Crippen molar-refractivity contribution in [2.75, 3.05) is 10.5 Å². The fourth-order valence-electron chi connectivity index (χ4n) is 1.42. The highest BCUT2D eigenvalue weighted by Gasteiger charge is 2.18. The lowest BCUT2D eigenvalue weighted by Gasteiger charge is -2.07. The number of nitrogens with zero attached hydrogens (tertiary/aromatic N) is 1. The zero-order chi connectivity index (χ0) is 14.9. The average Bonchev–Trinajstić information content (AvgIpc) is 2.76. The summed E-state index contributed by atoms with van der Waals surface area (Å²) in [7, 11) is -3.45. The van der Waals surface area contributed by atoms with Crippen LogP contribution in [0.15, 0.2) is 23.6 Å². The maximum atomic E-state index is 13.8. The third-order valence-electron chi connectivity index (χ3n) is 2.62. The highest BCUT2D eigenvalue weighted by molar-refractivity contribution is 7.93. The van der Waals surface area contributed by atoms with E-state index in [4.69, 9.17) is 5.73 Å². The van der Waals surface area contributed by atoms with Crippen molar-refractivity contribution in [1.82, 2.24) is 4.98 Å². The molecule has 8 heteroatoms. The van der Waals surface area contributed by atoms with Crippen LogP contribution < -0.4 is 10.5 Å². The molecule has 0 fully saturated rings. The van der Waals surface area contributed by atoms with Crippen LogP contribution in [-0.2, 0) is 10.0 Å². The first-order chi connectivity index (χ1) is 9.29. The Kier molecular flexibility index (Phi) is 3.96. The molecule has 0 saturated carbocycles. The largest absolute Gasteiger partial charge is 0.399 e. The molecule has 0 bridgehead atoms. The molecule has 2 rings (SSSR count).